The lowest BCUT2D eigenvalue weighted by Crippen LogP contribution is -2.49. The fraction of sp³-hybridized carbons (Fsp3) is 0.562. The van der Waals surface area contributed by atoms with Gasteiger partial charge in [0.1, 0.15) is 22.6 Å². The van der Waals surface area contributed by atoms with Crippen molar-refractivity contribution in [2.24, 2.45) is 0 Å². The van der Waals surface area contributed by atoms with Gasteiger partial charge in [0, 0.05) is 19.1 Å². The molecule has 0 bridgehead atoms. The van der Waals surface area contributed by atoms with E-state index in [2.05, 4.69) is 26.3 Å². The second-order valence-electron chi connectivity index (χ2n) is 6.77. The standard InChI is InChI=1S/C16H22N4O2S/c1-16(2,3)22-15(21)19-11-5-4-7-20(9-11)13-12-6-8-23-14(12)18-10-17-13/h6,8,10-11H,4-5,7,9H2,1-3H3,(H,19,21)/t11-/m0/s1. The van der Waals surface area contributed by atoms with Crippen molar-refractivity contribution in [3.05, 3.63) is 17.8 Å². The van der Waals surface area contributed by atoms with Crippen molar-refractivity contribution in [1.29, 1.82) is 0 Å². The number of hydrogen-bond acceptors (Lipinski definition) is 6. The third-order valence-corrected chi connectivity index (χ3v) is 4.50. The summed E-state index contributed by atoms with van der Waals surface area (Å²) < 4.78 is 5.35. The maximum absolute atomic E-state index is 12.0. The Morgan fingerprint density at radius 2 is 2.26 bits per heavy atom. The molecule has 3 rings (SSSR count). The Kier molecular flexibility index (Phi) is 4.39. The third-order valence-electron chi connectivity index (χ3n) is 3.68. The molecule has 0 spiro atoms. The van der Waals surface area contributed by atoms with Gasteiger partial charge in [-0.05, 0) is 45.1 Å². The lowest BCUT2D eigenvalue weighted by molar-refractivity contribution is 0.0500. The maximum Gasteiger partial charge on any atom is 0.407 e. The minimum Gasteiger partial charge on any atom is -0.444 e. The highest BCUT2D eigenvalue weighted by atomic mass is 32.1. The van der Waals surface area contributed by atoms with Crippen LogP contribution in [0.15, 0.2) is 17.8 Å². The summed E-state index contributed by atoms with van der Waals surface area (Å²) in [6.45, 7) is 7.28. The Morgan fingerprint density at radius 1 is 1.43 bits per heavy atom. The number of nitrogens with zero attached hydrogens (tertiary/aromatic N) is 3. The van der Waals surface area contributed by atoms with Crippen LogP contribution in [-0.2, 0) is 4.74 Å². The summed E-state index contributed by atoms with van der Waals surface area (Å²) >= 11 is 1.62. The first-order valence-electron chi connectivity index (χ1n) is 7.85. The maximum atomic E-state index is 12.0. The Labute approximate surface area is 139 Å². The summed E-state index contributed by atoms with van der Waals surface area (Å²) in [6.07, 6.45) is 3.22. The topological polar surface area (TPSA) is 67.3 Å². The highest BCUT2D eigenvalue weighted by molar-refractivity contribution is 7.16. The quantitative estimate of drug-likeness (QED) is 0.913. The summed E-state index contributed by atoms with van der Waals surface area (Å²) in [6, 6.07) is 2.13. The van der Waals surface area contributed by atoms with E-state index in [0.29, 0.717) is 0 Å². The summed E-state index contributed by atoms with van der Waals surface area (Å²) in [5.74, 6) is 0.951. The second kappa shape index (κ2) is 6.31. The van der Waals surface area contributed by atoms with Crippen LogP contribution in [0, 0.1) is 0 Å². The number of carbonyl (C=O) groups excluding carboxylic acids is 1. The third kappa shape index (κ3) is 3.90. The molecule has 3 heterocycles. The van der Waals surface area contributed by atoms with Crippen molar-refractivity contribution in [2.45, 2.75) is 45.3 Å². The van der Waals surface area contributed by atoms with E-state index in [1.165, 1.54) is 0 Å². The van der Waals surface area contributed by atoms with Crippen LogP contribution in [0.2, 0.25) is 0 Å². The van der Waals surface area contributed by atoms with Gasteiger partial charge in [0.15, 0.2) is 0 Å². The van der Waals surface area contributed by atoms with Gasteiger partial charge in [-0.2, -0.15) is 0 Å². The van der Waals surface area contributed by atoms with Crippen LogP contribution in [0.25, 0.3) is 10.2 Å². The number of alkyl carbamates (subject to hydrolysis) is 1. The molecule has 2 aromatic heterocycles. The molecule has 23 heavy (non-hydrogen) atoms. The van der Waals surface area contributed by atoms with Crippen molar-refractivity contribution in [3.8, 4) is 0 Å². The monoisotopic (exact) mass is 334 g/mol. The van der Waals surface area contributed by atoms with Crippen LogP contribution in [0.1, 0.15) is 33.6 Å². The number of rotatable bonds is 2. The lowest BCUT2D eigenvalue weighted by Gasteiger charge is -2.34. The lowest BCUT2D eigenvalue weighted by atomic mass is 10.1. The first-order valence-corrected chi connectivity index (χ1v) is 8.73. The van der Waals surface area contributed by atoms with E-state index in [9.17, 15) is 4.79 Å². The fourth-order valence-electron chi connectivity index (χ4n) is 2.79. The van der Waals surface area contributed by atoms with Gasteiger partial charge in [0.2, 0.25) is 0 Å². The zero-order valence-electron chi connectivity index (χ0n) is 13.7. The molecule has 1 aliphatic heterocycles. The second-order valence-corrected chi connectivity index (χ2v) is 7.66. The molecular weight excluding hydrogens is 312 g/mol. The van der Waals surface area contributed by atoms with E-state index in [4.69, 9.17) is 4.74 Å². The summed E-state index contributed by atoms with van der Waals surface area (Å²) in [7, 11) is 0. The molecule has 124 valence electrons. The first kappa shape index (κ1) is 16.0. The van der Waals surface area contributed by atoms with Crippen molar-refractivity contribution < 1.29 is 9.53 Å². The van der Waals surface area contributed by atoms with Crippen LogP contribution in [-0.4, -0.2) is 40.8 Å². The predicted molar refractivity (Wildman–Crippen MR) is 92.0 cm³/mol. The van der Waals surface area contributed by atoms with Crippen LogP contribution in [0.5, 0.6) is 0 Å². The smallest absolute Gasteiger partial charge is 0.407 e. The molecule has 1 fully saturated rings. The Hall–Kier alpha value is -1.89. The molecule has 1 aliphatic rings. The number of piperidine rings is 1. The number of thiophene rings is 1. The van der Waals surface area contributed by atoms with Gasteiger partial charge in [0.25, 0.3) is 0 Å². The number of fused-ring (bicyclic) bond motifs is 1. The molecule has 1 N–H and O–H groups in total. The number of anilines is 1. The van der Waals surface area contributed by atoms with Gasteiger partial charge in [-0.1, -0.05) is 0 Å². The highest BCUT2D eigenvalue weighted by Crippen LogP contribution is 2.28. The van der Waals surface area contributed by atoms with Gasteiger partial charge in [-0.3, -0.25) is 0 Å². The van der Waals surface area contributed by atoms with Crippen molar-refractivity contribution in [2.75, 3.05) is 18.0 Å². The number of hydrogen-bond donors (Lipinski definition) is 1. The Balaban J connectivity index is 1.69. The van der Waals surface area contributed by atoms with Crippen LogP contribution < -0.4 is 10.2 Å². The molecule has 2 aromatic rings. The van der Waals surface area contributed by atoms with Gasteiger partial charge >= 0.3 is 6.09 Å². The molecule has 1 atom stereocenters. The van der Waals surface area contributed by atoms with Crippen LogP contribution >= 0.6 is 11.3 Å². The van der Waals surface area contributed by atoms with Crippen molar-refractivity contribution in [1.82, 2.24) is 15.3 Å². The minimum atomic E-state index is -0.478. The van der Waals surface area contributed by atoms with E-state index in [-0.39, 0.29) is 12.1 Å². The van der Waals surface area contributed by atoms with Crippen molar-refractivity contribution >= 4 is 33.5 Å². The van der Waals surface area contributed by atoms with Crippen LogP contribution in [0.3, 0.4) is 0 Å². The van der Waals surface area contributed by atoms with Gasteiger partial charge in [0.05, 0.1) is 5.39 Å². The molecule has 0 saturated carbocycles. The molecule has 1 saturated heterocycles. The predicted octanol–water partition coefficient (Wildman–Crippen LogP) is 3.18. The zero-order valence-corrected chi connectivity index (χ0v) is 14.5. The number of aromatic nitrogens is 2. The van der Waals surface area contributed by atoms with E-state index >= 15 is 0 Å². The van der Waals surface area contributed by atoms with E-state index in [1.54, 1.807) is 17.7 Å². The first-order chi connectivity index (χ1) is 10.9. The number of ether oxygens (including phenoxy) is 1. The summed E-state index contributed by atoms with van der Waals surface area (Å²) in [5, 5.41) is 6.08. The van der Waals surface area contributed by atoms with Gasteiger partial charge in [-0.25, -0.2) is 14.8 Å². The zero-order chi connectivity index (χ0) is 16.4. The number of amides is 1. The highest BCUT2D eigenvalue weighted by Gasteiger charge is 2.25. The molecular formula is C16H22N4O2S. The molecule has 1 amide bonds. The average molecular weight is 334 g/mol. The SMILES string of the molecule is CC(C)(C)OC(=O)N[C@H]1CCCN(c2ncnc3sccc23)C1. The van der Waals surface area contributed by atoms with Crippen LogP contribution in [0.4, 0.5) is 10.6 Å². The van der Waals surface area contributed by atoms with Gasteiger partial charge in [-0.15, -0.1) is 11.3 Å². The molecule has 0 aromatic carbocycles. The largest absolute Gasteiger partial charge is 0.444 e. The fourth-order valence-corrected chi connectivity index (χ4v) is 3.52. The van der Waals surface area contributed by atoms with E-state index in [0.717, 1.165) is 42.0 Å². The van der Waals surface area contributed by atoms with E-state index < -0.39 is 5.60 Å². The summed E-state index contributed by atoms with van der Waals surface area (Å²) in [5.41, 5.74) is -0.478. The van der Waals surface area contributed by atoms with Crippen molar-refractivity contribution in [3.63, 3.8) is 0 Å². The minimum absolute atomic E-state index is 0.0715. The van der Waals surface area contributed by atoms with E-state index in [1.807, 2.05) is 26.2 Å². The number of nitrogens with one attached hydrogen (secondary N) is 1. The number of carbonyl (C=O) groups is 1. The molecule has 0 unspecified atom stereocenters. The molecule has 6 nitrogen and oxygen atoms in total. The Bertz CT molecular complexity index is 695. The average Bonchev–Trinajstić information content (AvgIpc) is 2.93. The Morgan fingerprint density at radius 3 is 3.04 bits per heavy atom. The molecule has 0 aliphatic carbocycles. The summed E-state index contributed by atoms with van der Waals surface area (Å²) in [4.78, 5) is 23.9. The molecule has 7 heteroatoms. The normalized spacial score (nSPS) is 18.9. The van der Waals surface area contributed by atoms with Gasteiger partial charge < -0.3 is 15.0 Å². The molecule has 0 radical (unpaired) electrons.